The minimum Gasteiger partial charge on any atom is -0.476 e. The summed E-state index contributed by atoms with van der Waals surface area (Å²) in [5.74, 6) is -0.00360. The SMILES string of the molecule is CS(=O)(=O)N1CC(C(=O)NCCOCc2ccccc2)Oc2ccccc21. The van der Waals surface area contributed by atoms with Crippen molar-refractivity contribution in [2.75, 3.05) is 30.3 Å². The molecule has 1 heterocycles. The molecular formula is C19H22N2O5S. The molecule has 1 unspecified atom stereocenters. The average Bonchev–Trinajstić information content (AvgIpc) is 2.66. The first kappa shape index (κ1) is 19.2. The molecule has 1 N–H and O–H groups in total. The van der Waals surface area contributed by atoms with Gasteiger partial charge in [-0.1, -0.05) is 42.5 Å². The predicted octanol–water partition coefficient (Wildman–Crippen LogP) is 1.55. The number of rotatable bonds is 7. The van der Waals surface area contributed by atoms with E-state index in [1.807, 2.05) is 30.3 Å². The molecule has 1 aliphatic rings. The molecule has 144 valence electrons. The summed E-state index contributed by atoms with van der Waals surface area (Å²) in [7, 11) is -3.52. The van der Waals surface area contributed by atoms with E-state index in [1.165, 1.54) is 4.31 Å². The molecule has 0 aliphatic carbocycles. The quantitative estimate of drug-likeness (QED) is 0.725. The Morgan fingerprint density at radius 1 is 1.19 bits per heavy atom. The maximum atomic E-state index is 12.4. The summed E-state index contributed by atoms with van der Waals surface area (Å²) >= 11 is 0. The molecule has 0 bridgehead atoms. The zero-order valence-electron chi connectivity index (χ0n) is 15.0. The molecule has 0 saturated carbocycles. The van der Waals surface area contributed by atoms with Gasteiger partial charge in [0, 0.05) is 6.54 Å². The Bertz CT molecular complexity index is 886. The smallest absolute Gasteiger partial charge is 0.263 e. The number of hydrogen-bond donors (Lipinski definition) is 1. The molecule has 27 heavy (non-hydrogen) atoms. The van der Waals surface area contributed by atoms with Crippen LogP contribution in [0.25, 0.3) is 0 Å². The molecule has 1 atom stereocenters. The fraction of sp³-hybridized carbons (Fsp3) is 0.316. The Labute approximate surface area is 158 Å². The minimum atomic E-state index is -3.52. The summed E-state index contributed by atoms with van der Waals surface area (Å²) in [6.07, 6.45) is 0.199. The van der Waals surface area contributed by atoms with Gasteiger partial charge < -0.3 is 14.8 Å². The molecular weight excluding hydrogens is 368 g/mol. The van der Waals surface area contributed by atoms with Gasteiger partial charge in [-0.25, -0.2) is 8.42 Å². The highest BCUT2D eigenvalue weighted by molar-refractivity contribution is 7.92. The van der Waals surface area contributed by atoms with Crippen molar-refractivity contribution in [3.05, 3.63) is 60.2 Å². The molecule has 2 aromatic carbocycles. The lowest BCUT2D eigenvalue weighted by atomic mass is 10.2. The second-order valence-electron chi connectivity index (χ2n) is 6.20. The van der Waals surface area contributed by atoms with Crippen molar-refractivity contribution >= 4 is 21.6 Å². The van der Waals surface area contributed by atoms with Crippen LogP contribution in [0.3, 0.4) is 0 Å². The summed E-state index contributed by atoms with van der Waals surface area (Å²) in [4.78, 5) is 12.4. The van der Waals surface area contributed by atoms with Gasteiger partial charge in [-0.15, -0.1) is 0 Å². The summed E-state index contributed by atoms with van der Waals surface area (Å²) < 4.78 is 36.5. The molecule has 3 rings (SSSR count). The average molecular weight is 390 g/mol. The van der Waals surface area contributed by atoms with Gasteiger partial charge in [-0.2, -0.15) is 0 Å². The third kappa shape index (κ3) is 4.99. The van der Waals surface area contributed by atoms with E-state index >= 15 is 0 Å². The van der Waals surface area contributed by atoms with Crippen LogP contribution in [-0.4, -0.2) is 46.4 Å². The number of benzene rings is 2. The van der Waals surface area contributed by atoms with Crippen molar-refractivity contribution in [3.63, 3.8) is 0 Å². The highest BCUT2D eigenvalue weighted by Crippen LogP contribution is 2.34. The number of ether oxygens (including phenoxy) is 2. The molecule has 0 spiro atoms. The number of carbonyl (C=O) groups is 1. The number of carbonyl (C=O) groups excluding carboxylic acids is 1. The number of anilines is 1. The molecule has 1 aliphatic heterocycles. The number of sulfonamides is 1. The molecule has 2 aromatic rings. The lowest BCUT2D eigenvalue weighted by molar-refractivity contribution is -0.128. The van der Waals surface area contributed by atoms with Crippen LogP contribution in [0.5, 0.6) is 5.75 Å². The standard InChI is InChI=1S/C19H22N2O5S/c1-27(23,24)21-13-18(26-17-10-6-5-9-16(17)21)19(22)20-11-12-25-14-15-7-3-2-4-8-15/h2-10,18H,11-14H2,1H3,(H,20,22). The zero-order valence-corrected chi connectivity index (χ0v) is 15.8. The van der Waals surface area contributed by atoms with Gasteiger partial charge >= 0.3 is 0 Å². The number of nitrogens with zero attached hydrogens (tertiary/aromatic N) is 1. The number of hydrogen-bond acceptors (Lipinski definition) is 5. The van der Waals surface area contributed by atoms with Crippen molar-refractivity contribution in [2.24, 2.45) is 0 Å². The molecule has 0 fully saturated rings. The van der Waals surface area contributed by atoms with Crippen molar-refractivity contribution in [2.45, 2.75) is 12.7 Å². The Hall–Kier alpha value is -2.58. The monoisotopic (exact) mass is 390 g/mol. The third-order valence-corrected chi connectivity index (χ3v) is 5.23. The van der Waals surface area contributed by atoms with E-state index in [-0.39, 0.29) is 12.5 Å². The second-order valence-corrected chi connectivity index (χ2v) is 8.10. The van der Waals surface area contributed by atoms with Gasteiger partial charge in [0.25, 0.3) is 5.91 Å². The maximum Gasteiger partial charge on any atom is 0.263 e. The van der Waals surface area contributed by atoms with Crippen LogP contribution in [0.15, 0.2) is 54.6 Å². The van der Waals surface area contributed by atoms with Crippen LogP contribution in [0.1, 0.15) is 5.56 Å². The lowest BCUT2D eigenvalue weighted by Crippen LogP contribution is -2.50. The van der Waals surface area contributed by atoms with Gasteiger partial charge in [0.2, 0.25) is 10.0 Å². The topological polar surface area (TPSA) is 84.9 Å². The van der Waals surface area contributed by atoms with Crippen molar-refractivity contribution in [3.8, 4) is 5.75 Å². The van der Waals surface area contributed by atoms with Crippen LogP contribution < -0.4 is 14.4 Å². The Balaban J connectivity index is 1.53. The number of amides is 1. The Morgan fingerprint density at radius 2 is 1.89 bits per heavy atom. The first-order chi connectivity index (χ1) is 12.9. The maximum absolute atomic E-state index is 12.4. The Kier molecular flexibility index (Phi) is 5.98. The summed E-state index contributed by atoms with van der Waals surface area (Å²) in [5.41, 5.74) is 1.50. The van der Waals surface area contributed by atoms with Gasteiger partial charge in [-0.3, -0.25) is 9.10 Å². The molecule has 0 saturated heterocycles. The summed E-state index contributed by atoms with van der Waals surface area (Å²) in [6.45, 7) is 1.06. The highest BCUT2D eigenvalue weighted by atomic mass is 32.2. The summed E-state index contributed by atoms with van der Waals surface area (Å²) in [6, 6.07) is 16.5. The van der Waals surface area contributed by atoms with E-state index in [4.69, 9.17) is 9.47 Å². The molecule has 0 aromatic heterocycles. The van der Waals surface area contributed by atoms with Crippen LogP contribution in [-0.2, 0) is 26.2 Å². The van der Waals surface area contributed by atoms with Crippen molar-refractivity contribution in [1.82, 2.24) is 5.32 Å². The van der Waals surface area contributed by atoms with E-state index in [0.29, 0.717) is 31.2 Å². The zero-order chi connectivity index (χ0) is 19.3. The number of fused-ring (bicyclic) bond motifs is 1. The van der Waals surface area contributed by atoms with Crippen LogP contribution in [0.4, 0.5) is 5.69 Å². The van der Waals surface area contributed by atoms with E-state index in [9.17, 15) is 13.2 Å². The van der Waals surface area contributed by atoms with E-state index in [2.05, 4.69) is 5.32 Å². The van der Waals surface area contributed by atoms with Crippen LogP contribution in [0, 0.1) is 0 Å². The fourth-order valence-corrected chi connectivity index (χ4v) is 3.69. The molecule has 1 amide bonds. The van der Waals surface area contributed by atoms with Gasteiger partial charge in [0.15, 0.2) is 6.10 Å². The molecule has 8 heteroatoms. The first-order valence-corrected chi connectivity index (χ1v) is 10.4. The second kappa shape index (κ2) is 8.41. The molecule has 0 radical (unpaired) electrons. The highest BCUT2D eigenvalue weighted by Gasteiger charge is 2.34. The van der Waals surface area contributed by atoms with E-state index < -0.39 is 16.1 Å². The van der Waals surface area contributed by atoms with Gasteiger partial charge in [-0.05, 0) is 17.7 Å². The predicted molar refractivity (Wildman–Crippen MR) is 102 cm³/mol. The lowest BCUT2D eigenvalue weighted by Gasteiger charge is -2.33. The van der Waals surface area contributed by atoms with Crippen LogP contribution >= 0.6 is 0 Å². The van der Waals surface area contributed by atoms with Gasteiger partial charge in [0.05, 0.1) is 31.7 Å². The van der Waals surface area contributed by atoms with E-state index in [1.54, 1.807) is 24.3 Å². The Morgan fingerprint density at radius 3 is 2.63 bits per heavy atom. The number of nitrogens with one attached hydrogen (secondary N) is 1. The number of para-hydroxylation sites is 2. The van der Waals surface area contributed by atoms with Crippen molar-refractivity contribution < 1.29 is 22.7 Å². The first-order valence-electron chi connectivity index (χ1n) is 8.58. The van der Waals surface area contributed by atoms with Gasteiger partial charge in [0.1, 0.15) is 5.75 Å². The fourth-order valence-electron chi connectivity index (χ4n) is 2.78. The van der Waals surface area contributed by atoms with Crippen LogP contribution in [0.2, 0.25) is 0 Å². The van der Waals surface area contributed by atoms with Crippen molar-refractivity contribution in [1.29, 1.82) is 0 Å². The normalized spacial score (nSPS) is 16.3. The third-order valence-electron chi connectivity index (χ3n) is 4.08. The largest absolute Gasteiger partial charge is 0.476 e. The summed E-state index contributed by atoms with van der Waals surface area (Å²) in [5, 5.41) is 2.73. The minimum absolute atomic E-state index is 0.0629. The van der Waals surface area contributed by atoms with E-state index in [0.717, 1.165) is 11.8 Å². The molecule has 7 nitrogen and oxygen atoms in total.